The quantitative estimate of drug-likeness (QED) is 0.513. The highest BCUT2D eigenvalue weighted by Gasteiger charge is 2.11. The fraction of sp³-hybridized carbons (Fsp3) is 0.118. The summed E-state index contributed by atoms with van der Waals surface area (Å²) >= 11 is 0. The van der Waals surface area contributed by atoms with E-state index in [0.29, 0.717) is 6.54 Å². The van der Waals surface area contributed by atoms with E-state index >= 15 is 0 Å². The van der Waals surface area contributed by atoms with Gasteiger partial charge in [-0.05, 0) is 29.6 Å². The van der Waals surface area contributed by atoms with E-state index < -0.39 is 5.97 Å². The summed E-state index contributed by atoms with van der Waals surface area (Å²) in [5, 5.41) is 0. The molecule has 3 nitrogen and oxygen atoms in total. The lowest BCUT2D eigenvalue weighted by atomic mass is 10.1. The van der Waals surface area contributed by atoms with Crippen LogP contribution in [0, 0.1) is 6.92 Å². The zero-order valence-corrected chi connectivity index (χ0v) is 11.4. The molecule has 101 valence electrons. The van der Waals surface area contributed by atoms with Crippen molar-refractivity contribution in [3.63, 3.8) is 0 Å². The van der Waals surface area contributed by atoms with Crippen LogP contribution >= 0.6 is 0 Å². The summed E-state index contributed by atoms with van der Waals surface area (Å²) in [7, 11) is 0. The Morgan fingerprint density at radius 2 is 1.80 bits per heavy atom. The summed E-state index contributed by atoms with van der Waals surface area (Å²) in [6.45, 7) is 2.51. The van der Waals surface area contributed by atoms with Gasteiger partial charge in [0.2, 0.25) is 0 Å². The van der Waals surface area contributed by atoms with E-state index in [-0.39, 0.29) is 0 Å². The van der Waals surface area contributed by atoms with Gasteiger partial charge >= 0.3 is 5.97 Å². The van der Waals surface area contributed by atoms with E-state index in [1.165, 1.54) is 11.6 Å². The Labute approximate surface area is 118 Å². The molecule has 0 aliphatic rings. The van der Waals surface area contributed by atoms with Gasteiger partial charge in [-0.15, -0.1) is 0 Å². The van der Waals surface area contributed by atoms with Crippen molar-refractivity contribution in [2.24, 2.45) is 0 Å². The number of hydroxylamine groups is 1. The number of nitrogens with one attached hydrogen (secondary N) is 1. The SMILES string of the molecule is Cc1ccc(/C=C/C(=[O+])ONCc2ccccc2)cc1. The number of benzene rings is 2. The van der Waals surface area contributed by atoms with E-state index in [1.54, 1.807) is 6.08 Å². The highest BCUT2D eigenvalue weighted by molar-refractivity contribution is 5.86. The van der Waals surface area contributed by atoms with Gasteiger partial charge in [0, 0.05) is 0 Å². The van der Waals surface area contributed by atoms with Gasteiger partial charge < -0.3 is 0 Å². The molecule has 0 saturated heterocycles. The predicted octanol–water partition coefficient (Wildman–Crippen LogP) is 3.26. The lowest BCUT2D eigenvalue weighted by molar-refractivity contribution is -0.145. The van der Waals surface area contributed by atoms with Crippen LogP contribution in [0.2, 0.25) is 0 Å². The maximum absolute atomic E-state index is 11.5. The van der Waals surface area contributed by atoms with Gasteiger partial charge in [-0.2, -0.15) is 4.84 Å². The van der Waals surface area contributed by atoms with Crippen molar-refractivity contribution in [2.75, 3.05) is 0 Å². The zero-order valence-electron chi connectivity index (χ0n) is 11.4. The minimum Gasteiger partial charge on any atom is -0.195 e. The molecule has 0 bridgehead atoms. The van der Waals surface area contributed by atoms with Gasteiger partial charge in [0.1, 0.15) is 0 Å². The Balaban J connectivity index is 1.76. The van der Waals surface area contributed by atoms with Crippen LogP contribution in [-0.4, -0.2) is 5.97 Å². The molecule has 0 saturated carbocycles. The Kier molecular flexibility index (Phi) is 5.09. The summed E-state index contributed by atoms with van der Waals surface area (Å²) in [6.07, 6.45) is 3.13. The zero-order chi connectivity index (χ0) is 14.2. The first kappa shape index (κ1) is 14.0. The number of carbonyl (C=O) groups excluding carboxylic acids is 1. The standard InChI is InChI=1S/C17H17NO2/c1-14-7-9-15(10-8-14)11-12-17(19)20-18-13-16-5-3-2-4-6-16/h2-12,18H,13H2,1H3/q+1/b12-11+. The van der Waals surface area contributed by atoms with Crippen molar-refractivity contribution < 1.29 is 9.63 Å². The molecule has 0 aliphatic carbocycles. The molecule has 1 N–H and O–H groups in total. The van der Waals surface area contributed by atoms with Gasteiger partial charge in [-0.25, -0.2) is 0 Å². The Hall–Kier alpha value is -2.39. The molecule has 0 unspecified atom stereocenters. The van der Waals surface area contributed by atoms with Crippen molar-refractivity contribution in [1.82, 2.24) is 5.48 Å². The lowest BCUT2D eigenvalue weighted by Crippen LogP contribution is -2.17. The minimum atomic E-state index is -0.415. The third kappa shape index (κ3) is 4.71. The topological polar surface area (TPSA) is 41.2 Å². The van der Waals surface area contributed by atoms with Crippen LogP contribution < -0.4 is 5.48 Å². The van der Waals surface area contributed by atoms with Crippen LogP contribution in [0.15, 0.2) is 60.7 Å². The van der Waals surface area contributed by atoms with E-state index in [0.717, 1.165) is 11.1 Å². The van der Waals surface area contributed by atoms with Crippen LogP contribution in [0.1, 0.15) is 16.7 Å². The fourth-order valence-electron chi connectivity index (χ4n) is 1.66. The van der Waals surface area contributed by atoms with Crippen molar-refractivity contribution in [1.29, 1.82) is 0 Å². The van der Waals surface area contributed by atoms with Crippen LogP contribution in [0.3, 0.4) is 0 Å². The second kappa shape index (κ2) is 7.26. The molecule has 0 heterocycles. The average Bonchev–Trinajstić information content (AvgIpc) is 2.48. The number of carbonyl (C=O) groups is 1. The number of hydrogen-bond donors (Lipinski definition) is 1. The Morgan fingerprint density at radius 1 is 1.10 bits per heavy atom. The molecule has 2 rings (SSSR count). The summed E-state index contributed by atoms with van der Waals surface area (Å²) in [5.74, 6) is -0.415. The average molecular weight is 267 g/mol. The number of aryl methyl sites for hydroxylation is 1. The molecule has 0 spiro atoms. The van der Waals surface area contributed by atoms with Crippen molar-refractivity contribution >= 4 is 12.0 Å². The highest BCUT2D eigenvalue weighted by Crippen LogP contribution is 2.05. The van der Waals surface area contributed by atoms with Gasteiger partial charge in [-0.1, -0.05) is 60.2 Å². The molecule has 1 radical (unpaired) electrons. The molecule has 0 aromatic heterocycles. The molecule has 0 amide bonds. The Bertz CT molecular complexity index is 574. The third-order valence-electron chi connectivity index (χ3n) is 2.78. The van der Waals surface area contributed by atoms with E-state index in [9.17, 15) is 4.79 Å². The summed E-state index contributed by atoms with van der Waals surface area (Å²) in [4.78, 5) is 16.4. The first-order chi connectivity index (χ1) is 9.74. The monoisotopic (exact) mass is 267 g/mol. The summed E-state index contributed by atoms with van der Waals surface area (Å²) in [5.41, 5.74) is 5.86. The van der Waals surface area contributed by atoms with Crippen molar-refractivity contribution in [3.05, 3.63) is 77.4 Å². The molecular formula is C17H17NO2+. The van der Waals surface area contributed by atoms with E-state index in [1.807, 2.05) is 61.5 Å². The van der Waals surface area contributed by atoms with Gasteiger partial charge in [0.25, 0.3) is 0 Å². The maximum Gasteiger partial charge on any atom is 0.623 e. The van der Waals surface area contributed by atoms with Gasteiger partial charge in [0.05, 0.1) is 17.4 Å². The predicted molar refractivity (Wildman–Crippen MR) is 79.6 cm³/mol. The largest absolute Gasteiger partial charge is 0.623 e. The molecule has 2 aromatic carbocycles. The smallest absolute Gasteiger partial charge is 0.195 e. The molecule has 0 fully saturated rings. The minimum absolute atomic E-state index is 0.415. The summed E-state index contributed by atoms with van der Waals surface area (Å²) in [6, 6.07) is 17.7. The molecule has 0 atom stereocenters. The normalized spacial score (nSPS) is 10.7. The molecule has 2 aromatic rings. The third-order valence-corrected chi connectivity index (χ3v) is 2.78. The molecule has 3 heteroatoms. The van der Waals surface area contributed by atoms with Gasteiger partial charge in [-0.3, -0.25) is 0 Å². The van der Waals surface area contributed by atoms with Crippen molar-refractivity contribution in [3.8, 4) is 0 Å². The molecule has 0 aliphatic heterocycles. The van der Waals surface area contributed by atoms with Crippen LogP contribution in [0.4, 0.5) is 0 Å². The molecule has 20 heavy (non-hydrogen) atoms. The second-order valence-electron chi connectivity index (χ2n) is 4.47. The van der Waals surface area contributed by atoms with Crippen LogP contribution in [-0.2, 0) is 16.2 Å². The fourth-order valence-corrected chi connectivity index (χ4v) is 1.66. The van der Waals surface area contributed by atoms with E-state index in [4.69, 9.17) is 4.84 Å². The van der Waals surface area contributed by atoms with E-state index in [2.05, 4.69) is 5.48 Å². The first-order valence-electron chi connectivity index (χ1n) is 6.46. The van der Waals surface area contributed by atoms with Gasteiger partial charge in [0.15, 0.2) is 0 Å². The lowest BCUT2D eigenvalue weighted by Gasteiger charge is -1.96. The Morgan fingerprint density at radius 3 is 2.50 bits per heavy atom. The first-order valence-corrected chi connectivity index (χ1v) is 6.46. The maximum atomic E-state index is 11.5. The highest BCUT2D eigenvalue weighted by atomic mass is 16.7. The summed E-state index contributed by atoms with van der Waals surface area (Å²) < 4.78 is 0. The van der Waals surface area contributed by atoms with Crippen LogP contribution in [0.5, 0.6) is 0 Å². The van der Waals surface area contributed by atoms with Crippen molar-refractivity contribution in [2.45, 2.75) is 13.5 Å². The molecular weight excluding hydrogens is 250 g/mol. The van der Waals surface area contributed by atoms with Crippen LogP contribution in [0.25, 0.3) is 6.08 Å². The second-order valence-corrected chi connectivity index (χ2v) is 4.47. The number of rotatable bonds is 5. The number of hydrogen-bond acceptors (Lipinski definition) is 3.